The van der Waals surface area contributed by atoms with Crippen LogP contribution in [0.15, 0.2) is 30.7 Å². The number of nitrogens with two attached hydrogens (primary N) is 1. The third-order valence-electron chi connectivity index (χ3n) is 4.61. The lowest BCUT2D eigenvalue weighted by Crippen LogP contribution is -2.42. The Bertz CT molecular complexity index is 1110. The highest BCUT2D eigenvalue weighted by Crippen LogP contribution is 2.39. The molecule has 0 aliphatic carbocycles. The van der Waals surface area contributed by atoms with Crippen LogP contribution in [0.4, 0.5) is 16.3 Å². The molecule has 0 aromatic carbocycles. The standard InChI is InChI=1S/C21H23N5O3/c1-12-15(16-7-13-8-17(22)24-10-14(13)9-23-16)11-25-19-18(12)26(5-6-28-19)20(27)29-21(2,3)4/h7-11H,5-6H2,1-4H3,(H2,22,24). The second kappa shape index (κ2) is 6.88. The Morgan fingerprint density at radius 2 is 1.90 bits per heavy atom. The van der Waals surface area contributed by atoms with Crippen molar-refractivity contribution in [1.29, 1.82) is 0 Å². The van der Waals surface area contributed by atoms with E-state index in [4.69, 9.17) is 15.2 Å². The minimum absolute atomic E-state index is 0.360. The van der Waals surface area contributed by atoms with Crippen molar-refractivity contribution >= 4 is 28.4 Å². The summed E-state index contributed by atoms with van der Waals surface area (Å²) in [7, 11) is 0. The minimum atomic E-state index is -0.595. The summed E-state index contributed by atoms with van der Waals surface area (Å²) in [4.78, 5) is 27.4. The fourth-order valence-corrected chi connectivity index (χ4v) is 3.30. The molecular formula is C21H23N5O3. The lowest BCUT2D eigenvalue weighted by Gasteiger charge is -2.32. The van der Waals surface area contributed by atoms with Gasteiger partial charge in [0.2, 0.25) is 5.88 Å². The molecule has 3 aromatic rings. The Morgan fingerprint density at radius 1 is 1.14 bits per heavy atom. The first kappa shape index (κ1) is 18.9. The largest absolute Gasteiger partial charge is 0.474 e. The first-order chi connectivity index (χ1) is 13.7. The highest BCUT2D eigenvalue weighted by Gasteiger charge is 2.31. The number of ether oxygens (including phenoxy) is 2. The number of carbonyl (C=O) groups excluding carboxylic acids is 1. The molecule has 2 N–H and O–H groups in total. The summed E-state index contributed by atoms with van der Waals surface area (Å²) in [5, 5.41) is 1.82. The number of aromatic nitrogens is 3. The molecule has 0 saturated heterocycles. The number of fused-ring (bicyclic) bond motifs is 2. The van der Waals surface area contributed by atoms with Crippen molar-refractivity contribution in [2.75, 3.05) is 23.8 Å². The molecule has 0 spiro atoms. The number of rotatable bonds is 1. The molecule has 8 heteroatoms. The van der Waals surface area contributed by atoms with Gasteiger partial charge in [0.05, 0.1) is 12.2 Å². The van der Waals surface area contributed by atoms with Gasteiger partial charge in [0, 0.05) is 29.5 Å². The highest BCUT2D eigenvalue weighted by molar-refractivity contribution is 5.93. The summed E-state index contributed by atoms with van der Waals surface area (Å²) >= 11 is 0. The summed E-state index contributed by atoms with van der Waals surface area (Å²) in [5.74, 6) is 0.858. The number of nitrogens with zero attached hydrogens (tertiary/aromatic N) is 4. The summed E-state index contributed by atoms with van der Waals surface area (Å²) in [6.07, 6.45) is 4.73. The van der Waals surface area contributed by atoms with Gasteiger partial charge in [0.1, 0.15) is 23.7 Å². The Hall–Kier alpha value is -3.42. The fourth-order valence-electron chi connectivity index (χ4n) is 3.30. The number of hydrogen-bond acceptors (Lipinski definition) is 7. The van der Waals surface area contributed by atoms with Crippen LogP contribution in [0, 0.1) is 6.92 Å². The normalized spacial score (nSPS) is 13.7. The lowest BCUT2D eigenvalue weighted by atomic mass is 10.0. The van der Waals surface area contributed by atoms with Crippen molar-refractivity contribution in [1.82, 2.24) is 15.0 Å². The van der Waals surface area contributed by atoms with Crippen LogP contribution in [0.5, 0.6) is 5.88 Å². The van der Waals surface area contributed by atoms with Crippen LogP contribution >= 0.6 is 0 Å². The van der Waals surface area contributed by atoms with E-state index in [1.54, 1.807) is 29.6 Å². The molecule has 0 bridgehead atoms. The van der Waals surface area contributed by atoms with E-state index in [2.05, 4.69) is 15.0 Å². The van der Waals surface area contributed by atoms with Crippen molar-refractivity contribution < 1.29 is 14.3 Å². The van der Waals surface area contributed by atoms with Gasteiger partial charge in [-0.25, -0.2) is 14.8 Å². The zero-order chi connectivity index (χ0) is 20.8. The Labute approximate surface area is 168 Å². The Kier molecular flexibility index (Phi) is 4.49. The molecule has 3 aromatic heterocycles. The van der Waals surface area contributed by atoms with Crippen LogP contribution < -0.4 is 15.4 Å². The van der Waals surface area contributed by atoms with Crippen LogP contribution in [-0.4, -0.2) is 39.8 Å². The van der Waals surface area contributed by atoms with Crippen molar-refractivity contribution in [3.63, 3.8) is 0 Å². The van der Waals surface area contributed by atoms with Gasteiger partial charge in [-0.05, 0) is 50.8 Å². The molecule has 150 valence electrons. The maximum atomic E-state index is 12.8. The molecule has 0 saturated carbocycles. The molecule has 4 heterocycles. The zero-order valence-corrected chi connectivity index (χ0v) is 16.9. The number of hydrogen-bond donors (Lipinski definition) is 1. The lowest BCUT2D eigenvalue weighted by molar-refractivity contribution is 0.0566. The molecule has 4 rings (SSSR count). The molecule has 29 heavy (non-hydrogen) atoms. The third kappa shape index (κ3) is 3.65. The molecule has 1 amide bonds. The van der Waals surface area contributed by atoms with E-state index in [1.807, 2.05) is 33.8 Å². The van der Waals surface area contributed by atoms with Gasteiger partial charge < -0.3 is 15.2 Å². The molecular weight excluding hydrogens is 370 g/mol. The number of carbonyl (C=O) groups is 1. The van der Waals surface area contributed by atoms with Crippen molar-refractivity contribution in [2.45, 2.75) is 33.3 Å². The van der Waals surface area contributed by atoms with Crippen LogP contribution in [-0.2, 0) is 4.74 Å². The van der Waals surface area contributed by atoms with Gasteiger partial charge in [-0.3, -0.25) is 9.88 Å². The topological polar surface area (TPSA) is 103 Å². The van der Waals surface area contributed by atoms with E-state index in [0.717, 1.165) is 27.6 Å². The monoisotopic (exact) mass is 393 g/mol. The molecule has 8 nitrogen and oxygen atoms in total. The van der Waals surface area contributed by atoms with Gasteiger partial charge in [-0.2, -0.15) is 0 Å². The van der Waals surface area contributed by atoms with E-state index in [-0.39, 0.29) is 0 Å². The number of amides is 1. The van der Waals surface area contributed by atoms with Crippen LogP contribution in [0.2, 0.25) is 0 Å². The van der Waals surface area contributed by atoms with E-state index in [0.29, 0.717) is 30.5 Å². The SMILES string of the molecule is Cc1c(-c2cc3cc(N)ncc3cn2)cnc2c1N(C(=O)OC(C)(C)C)CCO2. The second-order valence-electron chi connectivity index (χ2n) is 7.96. The summed E-state index contributed by atoms with van der Waals surface area (Å²) < 4.78 is 11.3. The van der Waals surface area contributed by atoms with Gasteiger partial charge in [-0.15, -0.1) is 0 Å². The zero-order valence-electron chi connectivity index (χ0n) is 16.9. The van der Waals surface area contributed by atoms with Crippen LogP contribution in [0.3, 0.4) is 0 Å². The maximum Gasteiger partial charge on any atom is 0.415 e. The number of anilines is 2. The fraction of sp³-hybridized carbons (Fsp3) is 0.333. The van der Waals surface area contributed by atoms with Crippen molar-refractivity contribution in [2.24, 2.45) is 0 Å². The predicted molar refractivity (Wildman–Crippen MR) is 111 cm³/mol. The molecule has 0 fully saturated rings. The minimum Gasteiger partial charge on any atom is -0.474 e. The molecule has 0 atom stereocenters. The van der Waals surface area contributed by atoms with E-state index in [1.165, 1.54) is 0 Å². The smallest absolute Gasteiger partial charge is 0.415 e. The quantitative estimate of drug-likeness (QED) is 0.672. The summed E-state index contributed by atoms with van der Waals surface area (Å²) in [6, 6.07) is 3.74. The van der Waals surface area contributed by atoms with Gasteiger partial charge in [-0.1, -0.05) is 0 Å². The maximum absolute atomic E-state index is 12.8. The number of nitrogen functional groups attached to an aromatic ring is 1. The average molecular weight is 393 g/mol. The molecule has 1 aliphatic rings. The predicted octanol–water partition coefficient (Wildman–Crippen LogP) is 3.72. The van der Waals surface area contributed by atoms with E-state index < -0.39 is 11.7 Å². The highest BCUT2D eigenvalue weighted by atomic mass is 16.6. The molecule has 1 aliphatic heterocycles. The van der Waals surface area contributed by atoms with Crippen molar-refractivity contribution in [3.05, 3.63) is 36.3 Å². The van der Waals surface area contributed by atoms with Gasteiger partial charge in [0.25, 0.3) is 0 Å². The van der Waals surface area contributed by atoms with Crippen molar-refractivity contribution in [3.8, 4) is 17.1 Å². The summed E-state index contributed by atoms with van der Waals surface area (Å²) in [6.45, 7) is 8.20. The number of pyridine rings is 3. The third-order valence-corrected chi connectivity index (χ3v) is 4.61. The molecule has 0 unspecified atom stereocenters. The average Bonchev–Trinajstić information content (AvgIpc) is 2.66. The summed E-state index contributed by atoms with van der Waals surface area (Å²) in [5.41, 5.74) is 8.21. The van der Waals surface area contributed by atoms with E-state index in [9.17, 15) is 4.79 Å². The van der Waals surface area contributed by atoms with Gasteiger partial charge in [0.15, 0.2) is 0 Å². The molecule has 0 radical (unpaired) electrons. The van der Waals surface area contributed by atoms with Crippen LogP contribution in [0.25, 0.3) is 22.0 Å². The Balaban J connectivity index is 1.80. The second-order valence-corrected chi connectivity index (χ2v) is 7.96. The van der Waals surface area contributed by atoms with Gasteiger partial charge >= 0.3 is 6.09 Å². The van der Waals surface area contributed by atoms with Crippen LogP contribution in [0.1, 0.15) is 26.3 Å². The Morgan fingerprint density at radius 3 is 2.66 bits per heavy atom. The first-order valence-corrected chi connectivity index (χ1v) is 9.37. The first-order valence-electron chi connectivity index (χ1n) is 9.37. The van der Waals surface area contributed by atoms with E-state index >= 15 is 0 Å².